The third kappa shape index (κ3) is 2.98. The summed E-state index contributed by atoms with van der Waals surface area (Å²) in [7, 11) is 0. The summed E-state index contributed by atoms with van der Waals surface area (Å²) < 4.78 is 15.5. The lowest BCUT2D eigenvalue weighted by molar-refractivity contribution is 0.0154. The van der Waals surface area contributed by atoms with Crippen LogP contribution in [0.2, 0.25) is 0 Å². The Kier molecular flexibility index (Phi) is 4.71. The average Bonchev–Trinajstić information content (AvgIpc) is 3.10. The molecule has 1 N–H and O–H groups in total. The Balaban J connectivity index is 1.81. The van der Waals surface area contributed by atoms with Crippen molar-refractivity contribution in [3.63, 3.8) is 0 Å². The molecule has 0 radical (unpaired) electrons. The van der Waals surface area contributed by atoms with Gasteiger partial charge in [0.25, 0.3) is 0 Å². The first-order valence-electron chi connectivity index (χ1n) is 8.91. The number of rotatable bonds is 5. The van der Waals surface area contributed by atoms with Gasteiger partial charge in [-0.1, -0.05) is 37.8 Å². The van der Waals surface area contributed by atoms with Gasteiger partial charge in [-0.2, -0.15) is 5.10 Å². The molecule has 0 bridgehead atoms. The quantitative estimate of drug-likeness (QED) is 0.644. The van der Waals surface area contributed by atoms with Crippen molar-refractivity contribution in [1.82, 2.24) is 9.78 Å². The molecule has 2 unspecified atom stereocenters. The average molecular weight is 340 g/mol. The SMILES string of the molecule is C#CC1(O)CCC2=Cc3c(cnn3CC=CC(F)=CCCC)CC21C. The molecule has 1 heterocycles. The lowest BCUT2D eigenvalue weighted by Crippen LogP contribution is -2.43. The minimum absolute atomic E-state index is 0.205. The molecule has 0 spiro atoms. The number of halogens is 1. The van der Waals surface area contributed by atoms with Crippen molar-refractivity contribution < 1.29 is 9.50 Å². The topological polar surface area (TPSA) is 38.1 Å². The number of aliphatic hydroxyl groups is 1. The molecule has 1 aromatic rings. The van der Waals surface area contributed by atoms with Gasteiger partial charge in [-0.15, -0.1) is 6.42 Å². The molecule has 25 heavy (non-hydrogen) atoms. The van der Waals surface area contributed by atoms with E-state index in [1.165, 1.54) is 11.6 Å². The Bertz CT molecular complexity index is 795. The fourth-order valence-electron chi connectivity index (χ4n) is 3.90. The zero-order valence-electron chi connectivity index (χ0n) is 14.9. The van der Waals surface area contributed by atoms with Crippen LogP contribution in [0.25, 0.3) is 6.08 Å². The summed E-state index contributed by atoms with van der Waals surface area (Å²) in [6.45, 7) is 4.58. The molecule has 3 nitrogen and oxygen atoms in total. The van der Waals surface area contributed by atoms with Gasteiger partial charge in [0.15, 0.2) is 0 Å². The minimum Gasteiger partial charge on any atom is -0.377 e. The number of aromatic nitrogens is 2. The molecule has 0 aromatic carbocycles. The van der Waals surface area contributed by atoms with Gasteiger partial charge < -0.3 is 5.11 Å². The summed E-state index contributed by atoms with van der Waals surface area (Å²) in [6.07, 6.45) is 18.2. The number of nitrogens with zero attached hydrogens (tertiary/aromatic N) is 2. The fraction of sp³-hybridized carbons (Fsp3) is 0.476. The molecule has 2 aliphatic carbocycles. The van der Waals surface area contributed by atoms with Crippen LogP contribution in [0.15, 0.2) is 35.8 Å². The van der Waals surface area contributed by atoms with Crippen LogP contribution in [-0.2, 0) is 13.0 Å². The fourth-order valence-corrected chi connectivity index (χ4v) is 3.90. The van der Waals surface area contributed by atoms with E-state index in [1.54, 1.807) is 12.2 Å². The molecule has 2 atom stereocenters. The van der Waals surface area contributed by atoms with Gasteiger partial charge in [0, 0.05) is 5.41 Å². The Morgan fingerprint density at radius 2 is 2.36 bits per heavy atom. The lowest BCUT2D eigenvalue weighted by atomic mass is 9.68. The van der Waals surface area contributed by atoms with Crippen LogP contribution in [0.5, 0.6) is 0 Å². The molecule has 1 aromatic heterocycles. The Hall–Kier alpha value is -2.12. The molecule has 132 valence electrons. The van der Waals surface area contributed by atoms with E-state index in [2.05, 4.69) is 17.1 Å². The van der Waals surface area contributed by atoms with Gasteiger partial charge in [0.2, 0.25) is 0 Å². The van der Waals surface area contributed by atoms with E-state index >= 15 is 0 Å². The molecule has 1 saturated carbocycles. The van der Waals surface area contributed by atoms with Crippen molar-refractivity contribution in [1.29, 1.82) is 0 Å². The lowest BCUT2D eigenvalue weighted by Gasteiger charge is -2.39. The molecule has 0 amide bonds. The van der Waals surface area contributed by atoms with Gasteiger partial charge in [0.1, 0.15) is 11.4 Å². The summed E-state index contributed by atoms with van der Waals surface area (Å²) >= 11 is 0. The summed E-state index contributed by atoms with van der Waals surface area (Å²) in [5, 5.41) is 15.2. The van der Waals surface area contributed by atoms with Crippen molar-refractivity contribution in [3.05, 3.63) is 47.1 Å². The highest BCUT2D eigenvalue weighted by molar-refractivity contribution is 5.61. The highest BCUT2D eigenvalue weighted by atomic mass is 19.1. The second-order valence-corrected chi connectivity index (χ2v) is 7.20. The van der Waals surface area contributed by atoms with Gasteiger partial charge in [-0.05, 0) is 49.5 Å². The van der Waals surface area contributed by atoms with E-state index in [0.29, 0.717) is 19.4 Å². The number of allylic oxidation sites excluding steroid dienone is 4. The van der Waals surface area contributed by atoms with Gasteiger partial charge in [0.05, 0.1) is 18.4 Å². The predicted octanol–water partition coefficient (Wildman–Crippen LogP) is 4.20. The number of hydrogen-bond acceptors (Lipinski definition) is 2. The van der Waals surface area contributed by atoms with E-state index < -0.39 is 11.0 Å². The molecule has 4 heteroatoms. The van der Waals surface area contributed by atoms with Crippen molar-refractivity contribution in [2.24, 2.45) is 5.41 Å². The standard InChI is InChI=1S/C21H25FN2O/c1-4-6-8-18(22)9-7-12-24-19-13-17-10-11-21(25,5-2)20(17,3)14-16(19)15-23-24/h2,7-9,13,15,25H,4,6,10-12,14H2,1,3H3. The third-order valence-corrected chi connectivity index (χ3v) is 5.61. The number of hydrogen-bond donors (Lipinski definition) is 1. The number of unbranched alkanes of at least 4 members (excludes halogenated alkanes) is 1. The van der Waals surface area contributed by atoms with E-state index in [1.807, 2.05) is 24.7 Å². The number of fused-ring (bicyclic) bond motifs is 2. The zero-order valence-corrected chi connectivity index (χ0v) is 14.9. The highest BCUT2D eigenvalue weighted by Crippen LogP contribution is 2.54. The largest absolute Gasteiger partial charge is 0.377 e. The minimum atomic E-state index is -1.09. The molecule has 2 aliphatic rings. The van der Waals surface area contributed by atoms with Crippen LogP contribution in [0.4, 0.5) is 4.39 Å². The van der Waals surface area contributed by atoms with Crippen LogP contribution in [-0.4, -0.2) is 20.5 Å². The van der Waals surface area contributed by atoms with Crippen LogP contribution in [0, 0.1) is 17.8 Å². The molecule has 0 aliphatic heterocycles. The van der Waals surface area contributed by atoms with Gasteiger partial charge >= 0.3 is 0 Å². The van der Waals surface area contributed by atoms with Crippen LogP contribution >= 0.6 is 0 Å². The van der Waals surface area contributed by atoms with E-state index in [-0.39, 0.29) is 5.83 Å². The Labute approximate surface area is 148 Å². The van der Waals surface area contributed by atoms with Crippen molar-refractivity contribution >= 4 is 6.08 Å². The molecule has 0 saturated heterocycles. The number of terminal acetylenes is 1. The van der Waals surface area contributed by atoms with Crippen molar-refractivity contribution in [3.8, 4) is 12.3 Å². The highest BCUT2D eigenvalue weighted by Gasteiger charge is 2.54. The first-order valence-corrected chi connectivity index (χ1v) is 8.91. The maximum Gasteiger partial charge on any atom is 0.134 e. The van der Waals surface area contributed by atoms with E-state index in [0.717, 1.165) is 30.5 Å². The molecular formula is C21H25FN2O. The summed E-state index contributed by atoms with van der Waals surface area (Å²) in [5.74, 6) is 2.40. The first-order chi connectivity index (χ1) is 11.9. The van der Waals surface area contributed by atoms with Gasteiger partial charge in [-0.3, -0.25) is 4.68 Å². The Morgan fingerprint density at radius 1 is 1.56 bits per heavy atom. The second kappa shape index (κ2) is 6.65. The second-order valence-electron chi connectivity index (χ2n) is 7.20. The van der Waals surface area contributed by atoms with Crippen molar-refractivity contribution in [2.75, 3.05) is 0 Å². The van der Waals surface area contributed by atoms with Crippen LogP contribution in [0.3, 0.4) is 0 Å². The van der Waals surface area contributed by atoms with E-state index in [4.69, 9.17) is 6.42 Å². The summed E-state index contributed by atoms with van der Waals surface area (Å²) in [4.78, 5) is 0. The molecule has 3 rings (SSSR count). The van der Waals surface area contributed by atoms with Crippen molar-refractivity contribution in [2.45, 2.75) is 58.1 Å². The maximum absolute atomic E-state index is 13.6. The van der Waals surface area contributed by atoms with Crippen LogP contribution in [0.1, 0.15) is 50.8 Å². The smallest absolute Gasteiger partial charge is 0.134 e. The maximum atomic E-state index is 13.6. The molecule has 1 fully saturated rings. The Morgan fingerprint density at radius 3 is 3.08 bits per heavy atom. The third-order valence-electron chi connectivity index (χ3n) is 5.61. The zero-order chi connectivity index (χ0) is 18.1. The summed E-state index contributed by atoms with van der Waals surface area (Å²) in [6, 6.07) is 0. The predicted molar refractivity (Wildman–Crippen MR) is 98.3 cm³/mol. The van der Waals surface area contributed by atoms with Crippen LogP contribution < -0.4 is 0 Å². The molecular weight excluding hydrogens is 315 g/mol. The normalized spacial score (nSPS) is 28.6. The monoisotopic (exact) mass is 340 g/mol. The van der Waals surface area contributed by atoms with E-state index in [9.17, 15) is 9.50 Å². The van der Waals surface area contributed by atoms with Gasteiger partial charge in [-0.25, -0.2) is 4.39 Å². The summed E-state index contributed by atoms with van der Waals surface area (Å²) in [5.41, 5.74) is 1.79. The first kappa shape index (κ1) is 17.7.